The Morgan fingerprint density at radius 2 is 1.96 bits per heavy atom. The van der Waals surface area contributed by atoms with Crippen molar-refractivity contribution < 1.29 is 13.6 Å². The van der Waals surface area contributed by atoms with Crippen molar-refractivity contribution in [3.05, 3.63) is 66.2 Å². The van der Waals surface area contributed by atoms with Gasteiger partial charge in [0.1, 0.15) is 29.3 Å². The van der Waals surface area contributed by atoms with Crippen LogP contribution in [-0.2, 0) is 11.3 Å². The van der Waals surface area contributed by atoms with Gasteiger partial charge in [-0.2, -0.15) is 0 Å². The SMILES string of the molecule is O=C1C(Nc2ncnc3c2oc2ccccc23)CCN1Cc1ccc(F)cc1. The van der Waals surface area contributed by atoms with Crippen molar-refractivity contribution in [3.63, 3.8) is 0 Å². The van der Waals surface area contributed by atoms with Crippen LogP contribution in [0.25, 0.3) is 22.1 Å². The Hall–Kier alpha value is -3.48. The quantitative estimate of drug-likeness (QED) is 0.588. The largest absolute Gasteiger partial charge is 0.450 e. The van der Waals surface area contributed by atoms with Gasteiger partial charge in [-0.05, 0) is 36.2 Å². The Balaban J connectivity index is 1.38. The molecule has 1 amide bonds. The summed E-state index contributed by atoms with van der Waals surface area (Å²) in [4.78, 5) is 23.2. The molecule has 0 radical (unpaired) electrons. The van der Waals surface area contributed by atoms with Gasteiger partial charge in [-0.1, -0.05) is 24.3 Å². The standard InChI is InChI=1S/C21H17FN4O2/c22-14-7-5-13(6-8-14)11-26-10-9-16(21(26)27)25-20-19-18(23-12-24-20)15-3-1-2-4-17(15)28-19/h1-8,12,16H,9-11H2,(H,23,24,25). The number of rotatable bonds is 4. The summed E-state index contributed by atoms with van der Waals surface area (Å²) in [6, 6.07) is 13.5. The summed E-state index contributed by atoms with van der Waals surface area (Å²) in [6.07, 6.45) is 2.13. The summed E-state index contributed by atoms with van der Waals surface area (Å²) in [5.74, 6) is 0.227. The monoisotopic (exact) mass is 376 g/mol. The maximum Gasteiger partial charge on any atom is 0.245 e. The lowest BCUT2D eigenvalue weighted by Gasteiger charge is -2.17. The van der Waals surface area contributed by atoms with Crippen LogP contribution in [0.1, 0.15) is 12.0 Å². The molecule has 0 bridgehead atoms. The number of aromatic nitrogens is 2. The van der Waals surface area contributed by atoms with Gasteiger partial charge in [0.15, 0.2) is 11.4 Å². The normalized spacial score (nSPS) is 17.0. The molecule has 3 heterocycles. The predicted molar refractivity (Wildman–Crippen MR) is 103 cm³/mol. The molecule has 140 valence electrons. The number of hydrogen-bond donors (Lipinski definition) is 1. The molecule has 1 aliphatic rings. The molecule has 2 aromatic heterocycles. The lowest BCUT2D eigenvalue weighted by atomic mass is 10.2. The zero-order chi connectivity index (χ0) is 19.1. The van der Waals surface area contributed by atoms with E-state index < -0.39 is 0 Å². The average Bonchev–Trinajstić information content (AvgIpc) is 3.26. The summed E-state index contributed by atoms with van der Waals surface area (Å²) in [7, 11) is 0. The van der Waals surface area contributed by atoms with Crippen LogP contribution in [0.3, 0.4) is 0 Å². The number of furan rings is 1. The molecule has 7 heteroatoms. The third-order valence-corrected chi connectivity index (χ3v) is 5.05. The van der Waals surface area contributed by atoms with Crippen molar-refractivity contribution in [3.8, 4) is 0 Å². The van der Waals surface area contributed by atoms with E-state index in [1.807, 2.05) is 24.3 Å². The molecule has 1 N–H and O–H groups in total. The summed E-state index contributed by atoms with van der Waals surface area (Å²) < 4.78 is 19.0. The van der Waals surface area contributed by atoms with Crippen molar-refractivity contribution in [2.75, 3.05) is 11.9 Å². The Morgan fingerprint density at radius 1 is 1.14 bits per heavy atom. The predicted octanol–water partition coefficient (Wildman–Crippen LogP) is 3.73. The van der Waals surface area contributed by atoms with Gasteiger partial charge in [-0.15, -0.1) is 0 Å². The summed E-state index contributed by atoms with van der Waals surface area (Å²) in [5.41, 5.74) is 2.91. The first-order valence-electron chi connectivity index (χ1n) is 9.11. The van der Waals surface area contributed by atoms with Crippen molar-refractivity contribution in [1.82, 2.24) is 14.9 Å². The highest BCUT2D eigenvalue weighted by Gasteiger charge is 2.32. The fourth-order valence-electron chi connectivity index (χ4n) is 3.63. The maximum absolute atomic E-state index is 13.1. The second kappa shape index (κ2) is 6.60. The Bertz CT molecular complexity index is 1170. The highest BCUT2D eigenvalue weighted by molar-refractivity contribution is 6.05. The Morgan fingerprint density at radius 3 is 2.82 bits per heavy atom. The van der Waals surface area contributed by atoms with Crippen molar-refractivity contribution in [1.29, 1.82) is 0 Å². The van der Waals surface area contributed by atoms with Gasteiger partial charge in [-0.3, -0.25) is 4.79 Å². The smallest absolute Gasteiger partial charge is 0.245 e. The first-order chi connectivity index (χ1) is 13.7. The van der Waals surface area contributed by atoms with Crippen molar-refractivity contribution >= 4 is 33.8 Å². The number of fused-ring (bicyclic) bond motifs is 3. The maximum atomic E-state index is 13.1. The number of anilines is 1. The molecule has 2 aromatic carbocycles. The number of carbonyl (C=O) groups excluding carboxylic acids is 1. The van der Waals surface area contributed by atoms with E-state index in [9.17, 15) is 9.18 Å². The van der Waals surface area contributed by atoms with E-state index in [0.29, 0.717) is 30.9 Å². The summed E-state index contributed by atoms with van der Waals surface area (Å²) in [5, 5.41) is 4.14. The molecule has 1 atom stereocenters. The number of benzene rings is 2. The van der Waals surface area contributed by atoms with Gasteiger partial charge >= 0.3 is 0 Å². The van der Waals surface area contributed by atoms with Crippen LogP contribution < -0.4 is 5.32 Å². The minimum absolute atomic E-state index is 0.00722. The number of nitrogens with one attached hydrogen (secondary N) is 1. The third kappa shape index (κ3) is 2.85. The molecule has 6 nitrogen and oxygen atoms in total. The van der Waals surface area contributed by atoms with Crippen LogP contribution in [-0.4, -0.2) is 33.4 Å². The van der Waals surface area contributed by atoms with Crippen LogP contribution in [0.5, 0.6) is 0 Å². The van der Waals surface area contributed by atoms with Gasteiger partial charge < -0.3 is 14.6 Å². The molecule has 1 aliphatic heterocycles. The molecule has 4 aromatic rings. The molecule has 28 heavy (non-hydrogen) atoms. The second-order valence-corrected chi connectivity index (χ2v) is 6.87. The zero-order valence-electron chi connectivity index (χ0n) is 14.9. The third-order valence-electron chi connectivity index (χ3n) is 5.05. The number of para-hydroxylation sites is 1. The Kier molecular flexibility index (Phi) is 3.93. The van der Waals surface area contributed by atoms with Gasteiger partial charge in [0.25, 0.3) is 0 Å². The molecule has 1 fully saturated rings. The van der Waals surface area contributed by atoms with E-state index in [-0.39, 0.29) is 17.8 Å². The lowest BCUT2D eigenvalue weighted by molar-refractivity contribution is -0.128. The first-order valence-corrected chi connectivity index (χ1v) is 9.11. The van der Waals surface area contributed by atoms with E-state index >= 15 is 0 Å². The zero-order valence-corrected chi connectivity index (χ0v) is 14.9. The minimum Gasteiger partial charge on any atom is -0.450 e. The molecular weight excluding hydrogens is 359 g/mol. The van der Waals surface area contributed by atoms with E-state index in [0.717, 1.165) is 22.0 Å². The van der Waals surface area contributed by atoms with Gasteiger partial charge in [0, 0.05) is 18.5 Å². The van der Waals surface area contributed by atoms with Gasteiger partial charge in [0.2, 0.25) is 5.91 Å². The first kappa shape index (κ1) is 16.7. The fraction of sp³-hybridized carbons (Fsp3) is 0.190. The molecular formula is C21H17FN4O2. The van der Waals surface area contributed by atoms with Crippen LogP contribution >= 0.6 is 0 Å². The highest BCUT2D eigenvalue weighted by Crippen LogP contribution is 2.31. The number of amides is 1. The summed E-state index contributed by atoms with van der Waals surface area (Å²) >= 11 is 0. The van der Waals surface area contributed by atoms with Crippen molar-refractivity contribution in [2.24, 2.45) is 0 Å². The molecule has 0 aliphatic carbocycles. The number of hydrogen-bond acceptors (Lipinski definition) is 5. The highest BCUT2D eigenvalue weighted by atomic mass is 19.1. The van der Waals surface area contributed by atoms with Crippen molar-refractivity contribution in [2.45, 2.75) is 19.0 Å². The second-order valence-electron chi connectivity index (χ2n) is 6.87. The average molecular weight is 376 g/mol. The van der Waals surface area contributed by atoms with Crippen LogP contribution in [0, 0.1) is 5.82 Å². The van der Waals surface area contributed by atoms with E-state index in [1.165, 1.54) is 18.5 Å². The minimum atomic E-state index is -0.383. The number of halogens is 1. The fourth-order valence-corrected chi connectivity index (χ4v) is 3.63. The number of nitrogens with zero attached hydrogens (tertiary/aromatic N) is 3. The topological polar surface area (TPSA) is 71.3 Å². The van der Waals surface area contributed by atoms with E-state index in [4.69, 9.17) is 4.42 Å². The van der Waals surface area contributed by atoms with E-state index in [1.54, 1.807) is 17.0 Å². The van der Waals surface area contributed by atoms with Crippen LogP contribution in [0.2, 0.25) is 0 Å². The number of likely N-dealkylation sites (tertiary alicyclic amines) is 1. The van der Waals surface area contributed by atoms with Gasteiger partial charge in [-0.25, -0.2) is 14.4 Å². The summed E-state index contributed by atoms with van der Waals surface area (Å²) in [6.45, 7) is 1.09. The van der Waals surface area contributed by atoms with E-state index in [2.05, 4.69) is 15.3 Å². The van der Waals surface area contributed by atoms with Crippen LogP contribution in [0.4, 0.5) is 10.2 Å². The van der Waals surface area contributed by atoms with Gasteiger partial charge in [0.05, 0.1) is 0 Å². The molecule has 1 saturated heterocycles. The number of carbonyl (C=O) groups is 1. The molecule has 5 rings (SSSR count). The molecule has 0 spiro atoms. The molecule has 0 saturated carbocycles. The molecule has 1 unspecified atom stereocenters. The van der Waals surface area contributed by atoms with Crippen LogP contribution in [0.15, 0.2) is 59.3 Å². The Labute approximate surface area is 160 Å². The lowest BCUT2D eigenvalue weighted by Crippen LogP contribution is -2.33.